The molecule has 1 aromatic heterocycles. The van der Waals surface area contributed by atoms with E-state index in [-0.39, 0.29) is 0 Å². The van der Waals surface area contributed by atoms with E-state index < -0.39 is 0 Å². The first-order valence-electron chi connectivity index (χ1n) is 22.6. The summed E-state index contributed by atoms with van der Waals surface area (Å²) in [6.07, 6.45) is 0. The molecule has 0 aliphatic heterocycles. The maximum Gasteiger partial charge on any atom is 0.143 e. The first-order valence-corrected chi connectivity index (χ1v) is 22.6. The second kappa shape index (κ2) is 16.8. The average Bonchev–Trinajstić information content (AvgIpc) is 3.80. The largest absolute Gasteiger partial charge is 0.455 e. The minimum Gasteiger partial charge on any atom is -0.455 e. The fourth-order valence-electron chi connectivity index (χ4n) is 9.59. The molecule has 0 aliphatic carbocycles. The first-order chi connectivity index (χ1) is 32.7. The topological polar surface area (TPSA) is 16.4 Å². The van der Waals surface area contributed by atoms with Gasteiger partial charge in [0.2, 0.25) is 0 Å². The molecular weight excluding hydrogens is 799 g/mol. The number of hydrogen-bond acceptors (Lipinski definition) is 2. The molecule has 0 bridgehead atoms. The van der Waals surface area contributed by atoms with Gasteiger partial charge in [0.1, 0.15) is 11.3 Å². The smallest absolute Gasteiger partial charge is 0.143 e. The third-order valence-corrected chi connectivity index (χ3v) is 12.9. The van der Waals surface area contributed by atoms with Crippen LogP contribution in [0.15, 0.2) is 265 Å². The number of nitrogens with zero attached hydrogens (tertiary/aromatic N) is 1. The Labute approximate surface area is 384 Å². The van der Waals surface area contributed by atoms with E-state index in [9.17, 15) is 0 Å². The molecule has 0 N–H and O–H groups in total. The van der Waals surface area contributed by atoms with Gasteiger partial charge < -0.3 is 9.32 Å². The second-order valence-corrected chi connectivity index (χ2v) is 16.9. The van der Waals surface area contributed by atoms with Crippen LogP contribution in [0, 0.1) is 0 Å². The van der Waals surface area contributed by atoms with E-state index in [0.717, 1.165) is 72.7 Å². The number of hydrogen-bond donors (Lipinski definition) is 0. The van der Waals surface area contributed by atoms with Crippen molar-refractivity contribution in [2.45, 2.75) is 0 Å². The van der Waals surface area contributed by atoms with E-state index in [4.69, 9.17) is 4.42 Å². The predicted molar refractivity (Wildman–Crippen MR) is 279 cm³/mol. The summed E-state index contributed by atoms with van der Waals surface area (Å²) < 4.78 is 6.62. The third-order valence-electron chi connectivity index (χ3n) is 12.9. The Kier molecular flexibility index (Phi) is 9.89. The van der Waals surface area contributed by atoms with Gasteiger partial charge in [-0.1, -0.05) is 212 Å². The lowest BCUT2D eigenvalue weighted by Gasteiger charge is -2.28. The Hall–Kier alpha value is -8.72. The molecule has 0 unspecified atom stereocenters. The van der Waals surface area contributed by atoms with E-state index in [1.807, 2.05) is 6.07 Å². The van der Waals surface area contributed by atoms with Crippen LogP contribution in [-0.2, 0) is 0 Å². The van der Waals surface area contributed by atoms with Crippen molar-refractivity contribution >= 4 is 49.6 Å². The average molecular weight is 842 g/mol. The zero-order valence-electron chi connectivity index (χ0n) is 36.2. The lowest BCUT2D eigenvalue weighted by molar-refractivity contribution is 0.632. The number of rotatable bonds is 9. The first kappa shape index (κ1) is 38.9. The molecule has 0 aliphatic rings. The quantitative estimate of drug-likeness (QED) is 0.135. The lowest BCUT2D eigenvalue weighted by Crippen LogP contribution is -2.11. The molecule has 12 rings (SSSR count). The molecule has 66 heavy (non-hydrogen) atoms. The maximum atomic E-state index is 6.62. The van der Waals surface area contributed by atoms with E-state index in [1.54, 1.807) is 0 Å². The summed E-state index contributed by atoms with van der Waals surface area (Å²) in [5.74, 6) is 0.876. The van der Waals surface area contributed by atoms with Gasteiger partial charge in [-0.3, -0.25) is 0 Å². The summed E-state index contributed by atoms with van der Waals surface area (Å²) in [5, 5.41) is 6.16. The summed E-state index contributed by atoms with van der Waals surface area (Å²) in [7, 11) is 0. The van der Waals surface area contributed by atoms with Crippen LogP contribution in [0.3, 0.4) is 0 Å². The summed E-state index contributed by atoms with van der Waals surface area (Å²) in [5.41, 5.74) is 16.8. The van der Waals surface area contributed by atoms with Crippen LogP contribution >= 0.6 is 0 Å². The van der Waals surface area contributed by atoms with Gasteiger partial charge in [0.05, 0.1) is 5.69 Å². The van der Waals surface area contributed by atoms with Crippen molar-refractivity contribution in [3.05, 3.63) is 261 Å². The number of anilines is 3. The molecule has 0 saturated heterocycles. The summed E-state index contributed by atoms with van der Waals surface area (Å²) in [4.78, 5) is 2.39. The van der Waals surface area contributed by atoms with Crippen LogP contribution in [0.2, 0.25) is 0 Å². The Morgan fingerprint density at radius 2 is 0.758 bits per heavy atom. The maximum absolute atomic E-state index is 6.62. The number of furan rings is 1. The zero-order valence-corrected chi connectivity index (χ0v) is 36.2. The second-order valence-electron chi connectivity index (χ2n) is 16.9. The lowest BCUT2D eigenvalue weighted by atomic mass is 9.96. The molecule has 2 nitrogen and oxygen atoms in total. The normalized spacial score (nSPS) is 11.3. The van der Waals surface area contributed by atoms with Gasteiger partial charge in [-0.2, -0.15) is 0 Å². The molecule has 1 heterocycles. The molecule has 0 atom stereocenters. The Balaban J connectivity index is 0.930. The van der Waals surface area contributed by atoms with Crippen LogP contribution in [0.25, 0.3) is 99.5 Å². The molecular formula is C64H43NO. The zero-order chi connectivity index (χ0) is 43.8. The Bertz CT molecular complexity index is 3660. The van der Waals surface area contributed by atoms with E-state index >= 15 is 0 Å². The Morgan fingerprint density at radius 3 is 1.50 bits per heavy atom. The third kappa shape index (κ3) is 7.21. The van der Waals surface area contributed by atoms with Crippen LogP contribution in [0.4, 0.5) is 17.1 Å². The van der Waals surface area contributed by atoms with E-state index in [0.29, 0.717) is 0 Å². The standard InChI is InChI=1S/C64H43NO/c1-3-14-44(15-4-1)45-26-28-49(29-27-45)59-22-9-11-24-61(59)65(56-39-34-47(35-40-56)52-36-41-58-53(42-52)31-30-48-16-7-8-21-57(48)58)55-37-32-46(33-38-55)51-19-13-20-54(43-51)64-63(50-17-5-2-6-18-50)60-23-10-12-25-62(60)66-64/h1-43H. The molecule has 310 valence electrons. The fraction of sp³-hybridized carbons (Fsp3) is 0. The van der Waals surface area contributed by atoms with Gasteiger partial charge in [0.25, 0.3) is 0 Å². The van der Waals surface area contributed by atoms with Gasteiger partial charge in [0.15, 0.2) is 0 Å². The van der Waals surface area contributed by atoms with Crippen LogP contribution < -0.4 is 4.90 Å². The van der Waals surface area contributed by atoms with Crippen molar-refractivity contribution in [3.63, 3.8) is 0 Å². The molecule has 12 aromatic rings. The van der Waals surface area contributed by atoms with Crippen LogP contribution in [0.5, 0.6) is 0 Å². The number of para-hydroxylation sites is 2. The summed E-state index contributed by atoms with van der Waals surface area (Å²) >= 11 is 0. The van der Waals surface area contributed by atoms with Crippen molar-refractivity contribution in [2.24, 2.45) is 0 Å². The van der Waals surface area contributed by atoms with Crippen molar-refractivity contribution < 1.29 is 4.42 Å². The molecule has 0 fully saturated rings. The molecule has 0 radical (unpaired) electrons. The SMILES string of the molecule is c1ccc(-c2ccc(-c3ccccc3N(c3ccc(-c4cccc(-c5oc6ccccc6c5-c5ccccc5)c4)cc3)c3ccc(-c4ccc5c(ccc6ccccc65)c4)cc3)cc2)cc1. The molecule has 0 amide bonds. The highest BCUT2D eigenvalue weighted by molar-refractivity contribution is 6.08. The van der Waals surface area contributed by atoms with Gasteiger partial charge in [-0.15, -0.1) is 0 Å². The van der Waals surface area contributed by atoms with Gasteiger partial charge in [-0.05, 0) is 115 Å². The van der Waals surface area contributed by atoms with E-state index in [2.05, 4.69) is 260 Å². The summed E-state index contributed by atoms with van der Waals surface area (Å²) in [6.45, 7) is 0. The van der Waals surface area contributed by atoms with Crippen LogP contribution in [-0.4, -0.2) is 0 Å². The number of fused-ring (bicyclic) bond motifs is 4. The number of benzene rings is 11. The fourth-order valence-corrected chi connectivity index (χ4v) is 9.59. The van der Waals surface area contributed by atoms with Crippen molar-refractivity contribution in [1.82, 2.24) is 0 Å². The van der Waals surface area contributed by atoms with Crippen molar-refractivity contribution in [1.29, 1.82) is 0 Å². The van der Waals surface area contributed by atoms with Crippen molar-refractivity contribution in [3.8, 4) is 67.0 Å². The minimum absolute atomic E-state index is 0.876. The van der Waals surface area contributed by atoms with E-state index in [1.165, 1.54) is 43.8 Å². The monoisotopic (exact) mass is 841 g/mol. The molecule has 11 aromatic carbocycles. The summed E-state index contributed by atoms with van der Waals surface area (Å²) in [6, 6.07) is 93.7. The molecule has 2 heteroatoms. The van der Waals surface area contributed by atoms with Crippen LogP contribution in [0.1, 0.15) is 0 Å². The van der Waals surface area contributed by atoms with Crippen molar-refractivity contribution in [2.75, 3.05) is 4.90 Å². The van der Waals surface area contributed by atoms with Gasteiger partial charge >= 0.3 is 0 Å². The highest BCUT2D eigenvalue weighted by Gasteiger charge is 2.20. The highest BCUT2D eigenvalue weighted by Crippen LogP contribution is 2.44. The van der Waals surface area contributed by atoms with Gasteiger partial charge in [0, 0.05) is 33.5 Å². The minimum atomic E-state index is 0.876. The predicted octanol–water partition coefficient (Wildman–Crippen LogP) is 18.2. The molecule has 0 saturated carbocycles. The highest BCUT2D eigenvalue weighted by atomic mass is 16.3. The van der Waals surface area contributed by atoms with Gasteiger partial charge in [-0.25, -0.2) is 0 Å². The molecule has 0 spiro atoms. The Morgan fingerprint density at radius 1 is 0.273 bits per heavy atom.